The van der Waals surface area contributed by atoms with Gasteiger partial charge in [-0.15, -0.1) is 0 Å². The number of rotatable bonds is 4. The predicted molar refractivity (Wildman–Crippen MR) is 76.2 cm³/mol. The number of nitrogens with zero attached hydrogens (tertiary/aromatic N) is 2. The van der Waals surface area contributed by atoms with Crippen molar-refractivity contribution < 1.29 is 9.72 Å². The number of aromatic nitrogens is 1. The summed E-state index contributed by atoms with van der Waals surface area (Å²) in [6.45, 7) is 0.203. The molecule has 2 rings (SSSR count). The van der Waals surface area contributed by atoms with Gasteiger partial charge in [0.1, 0.15) is 10.3 Å². The van der Waals surface area contributed by atoms with Gasteiger partial charge in [-0.05, 0) is 33.6 Å². The summed E-state index contributed by atoms with van der Waals surface area (Å²) in [5.74, 6) is -0.335. The minimum Gasteiger partial charge on any atom is -0.347 e. The van der Waals surface area contributed by atoms with E-state index >= 15 is 0 Å². The molecule has 1 aromatic heterocycles. The molecule has 1 heterocycles. The molecular formula is C13H10BrN3O3. The van der Waals surface area contributed by atoms with Crippen LogP contribution in [-0.4, -0.2) is 15.8 Å². The van der Waals surface area contributed by atoms with Crippen molar-refractivity contribution in [2.75, 3.05) is 0 Å². The van der Waals surface area contributed by atoms with E-state index in [0.717, 1.165) is 0 Å². The monoisotopic (exact) mass is 335 g/mol. The number of non-ortho nitro benzene ring substituents is 1. The molecule has 0 radical (unpaired) electrons. The molecule has 0 atom stereocenters. The van der Waals surface area contributed by atoms with Crippen molar-refractivity contribution in [3.8, 4) is 0 Å². The highest BCUT2D eigenvalue weighted by Gasteiger charge is 2.09. The number of hydrogen-bond donors (Lipinski definition) is 1. The molecule has 1 aromatic carbocycles. The van der Waals surface area contributed by atoms with Gasteiger partial charge < -0.3 is 5.32 Å². The Morgan fingerprint density at radius 1 is 1.30 bits per heavy atom. The van der Waals surface area contributed by atoms with Crippen molar-refractivity contribution in [3.63, 3.8) is 0 Å². The van der Waals surface area contributed by atoms with Crippen molar-refractivity contribution in [3.05, 3.63) is 68.4 Å². The lowest BCUT2D eigenvalue weighted by molar-refractivity contribution is -0.384. The number of nitro benzene ring substituents is 1. The summed E-state index contributed by atoms with van der Waals surface area (Å²) < 4.78 is 0.570. The van der Waals surface area contributed by atoms with E-state index in [4.69, 9.17) is 0 Å². The number of hydrogen-bond acceptors (Lipinski definition) is 4. The van der Waals surface area contributed by atoms with Crippen LogP contribution in [0.25, 0.3) is 0 Å². The summed E-state index contributed by atoms with van der Waals surface area (Å²) in [6, 6.07) is 11.1. The first kappa shape index (κ1) is 14.1. The second-order valence-corrected chi connectivity index (χ2v) is 4.77. The lowest BCUT2D eigenvalue weighted by atomic mass is 10.2. The van der Waals surface area contributed by atoms with Crippen molar-refractivity contribution in [2.24, 2.45) is 0 Å². The van der Waals surface area contributed by atoms with Crippen LogP contribution in [0.15, 0.2) is 47.1 Å². The number of carbonyl (C=O) groups excluding carboxylic acids is 1. The molecule has 102 valence electrons. The largest absolute Gasteiger partial charge is 0.347 e. The van der Waals surface area contributed by atoms with Gasteiger partial charge in [0.05, 0.1) is 4.92 Å². The number of pyridine rings is 1. The van der Waals surface area contributed by atoms with E-state index in [1.165, 1.54) is 12.1 Å². The van der Waals surface area contributed by atoms with E-state index in [2.05, 4.69) is 26.2 Å². The molecule has 0 spiro atoms. The Kier molecular flexibility index (Phi) is 4.41. The van der Waals surface area contributed by atoms with Gasteiger partial charge >= 0.3 is 0 Å². The molecule has 0 aliphatic carbocycles. The number of halogens is 1. The first-order valence-electron chi connectivity index (χ1n) is 5.70. The van der Waals surface area contributed by atoms with Crippen LogP contribution in [0.2, 0.25) is 0 Å². The summed E-state index contributed by atoms with van der Waals surface area (Å²) in [4.78, 5) is 26.1. The molecule has 0 saturated heterocycles. The van der Waals surface area contributed by atoms with E-state index in [1.54, 1.807) is 30.3 Å². The van der Waals surface area contributed by atoms with Crippen LogP contribution >= 0.6 is 15.9 Å². The Hall–Kier alpha value is -2.28. The Balaban J connectivity index is 2.03. The zero-order chi connectivity index (χ0) is 14.5. The molecule has 0 saturated carbocycles. The van der Waals surface area contributed by atoms with Gasteiger partial charge in [0.25, 0.3) is 11.6 Å². The van der Waals surface area contributed by atoms with E-state index in [9.17, 15) is 14.9 Å². The maximum atomic E-state index is 11.9. The molecule has 20 heavy (non-hydrogen) atoms. The molecule has 0 unspecified atom stereocenters. The second kappa shape index (κ2) is 6.25. The Morgan fingerprint density at radius 3 is 2.75 bits per heavy atom. The molecule has 0 fully saturated rings. The number of nitro groups is 1. The quantitative estimate of drug-likeness (QED) is 0.528. The third kappa shape index (κ3) is 3.61. The van der Waals surface area contributed by atoms with Crippen molar-refractivity contribution in [2.45, 2.75) is 6.54 Å². The molecule has 7 heteroatoms. The molecule has 0 aliphatic rings. The fraction of sp³-hybridized carbons (Fsp3) is 0.0769. The van der Waals surface area contributed by atoms with Crippen molar-refractivity contribution in [1.82, 2.24) is 10.3 Å². The maximum absolute atomic E-state index is 11.9. The normalized spacial score (nSPS) is 10.1. The first-order chi connectivity index (χ1) is 9.56. The van der Waals surface area contributed by atoms with Gasteiger partial charge in [-0.3, -0.25) is 14.9 Å². The molecule has 1 N–H and O–H groups in total. The van der Waals surface area contributed by atoms with Crippen LogP contribution in [-0.2, 0) is 6.54 Å². The van der Waals surface area contributed by atoms with Crippen LogP contribution in [0.1, 0.15) is 16.1 Å². The predicted octanol–water partition coefficient (Wildman–Crippen LogP) is 2.68. The van der Waals surface area contributed by atoms with Crippen LogP contribution in [0.3, 0.4) is 0 Å². The van der Waals surface area contributed by atoms with Gasteiger partial charge in [-0.2, -0.15) is 0 Å². The van der Waals surface area contributed by atoms with Gasteiger partial charge in [-0.25, -0.2) is 4.98 Å². The van der Waals surface area contributed by atoms with Crippen LogP contribution < -0.4 is 5.32 Å². The Morgan fingerprint density at radius 2 is 2.05 bits per heavy atom. The first-order valence-corrected chi connectivity index (χ1v) is 6.49. The third-order valence-corrected chi connectivity index (χ3v) is 2.96. The van der Waals surface area contributed by atoms with Crippen LogP contribution in [0, 0.1) is 10.1 Å². The van der Waals surface area contributed by atoms with Gasteiger partial charge in [0.2, 0.25) is 0 Å². The SMILES string of the molecule is O=C(NCc1cccc([N+](=O)[O-])c1)c1cccc(Br)n1. The molecule has 1 amide bonds. The fourth-order valence-corrected chi connectivity index (χ4v) is 1.93. The summed E-state index contributed by atoms with van der Waals surface area (Å²) >= 11 is 3.19. The lowest BCUT2D eigenvalue weighted by Crippen LogP contribution is -2.23. The highest BCUT2D eigenvalue weighted by Crippen LogP contribution is 2.13. The maximum Gasteiger partial charge on any atom is 0.270 e. The minimum atomic E-state index is -0.471. The fourth-order valence-electron chi connectivity index (χ4n) is 1.59. The lowest BCUT2D eigenvalue weighted by Gasteiger charge is -2.05. The Bertz CT molecular complexity index is 661. The standard InChI is InChI=1S/C13H10BrN3O3/c14-12-6-2-5-11(16-12)13(18)15-8-9-3-1-4-10(7-9)17(19)20/h1-7H,8H2,(H,15,18). The Labute approximate surface area is 123 Å². The van der Waals surface area contributed by atoms with E-state index in [0.29, 0.717) is 10.2 Å². The van der Waals surface area contributed by atoms with Crippen molar-refractivity contribution >= 4 is 27.5 Å². The summed E-state index contributed by atoms with van der Waals surface area (Å²) in [6.07, 6.45) is 0. The van der Waals surface area contributed by atoms with Gasteiger partial charge in [0, 0.05) is 18.7 Å². The van der Waals surface area contributed by atoms with E-state index in [-0.39, 0.29) is 23.8 Å². The minimum absolute atomic E-state index is 0.00247. The molecule has 0 bridgehead atoms. The molecule has 6 nitrogen and oxygen atoms in total. The van der Waals surface area contributed by atoms with Gasteiger partial charge in [0.15, 0.2) is 0 Å². The number of benzene rings is 1. The average molecular weight is 336 g/mol. The number of nitrogens with one attached hydrogen (secondary N) is 1. The summed E-state index contributed by atoms with van der Waals surface area (Å²) in [5.41, 5.74) is 0.935. The topological polar surface area (TPSA) is 85.1 Å². The molecule has 2 aromatic rings. The average Bonchev–Trinajstić information content (AvgIpc) is 2.45. The molecule has 0 aliphatic heterocycles. The smallest absolute Gasteiger partial charge is 0.270 e. The van der Waals surface area contributed by atoms with Crippen LogP contribution in [0.5, 0.6) is 0 Å². The zero-order valence-electron chi connectivity index (χ0n) is 10.2. The van der Waals surface area contributed by atoms with E-state index in [1.807, 2.05) is 0 Å². The molecular weight excluding hydrogens is 326 g/mol. The highest BCUT2D eigenvalue weighted by molar-refractivity contribution is 9.10. The van der Waals surface area contributed by atoms with E-state index < -0.39 is 4.92 Å². The number of amides is 1. The highest BCUT2D eigenvalue weighted by atomic mass is 79.9. The number of carbonyl (C=O) groups is 1. The summed E-state index contributed by atoms with van der Waals surface area (Å²) in [5, 5.41) is 13.3. The summed E-state index contributed by atoms with van der Waals surface area (Å²) in [7, 11) is 0. The van der Waals surface area contributed by atoms with Crippen LogP contribution in [0.4, 0.5) is 5.69 Å². The van der Waals surface area contributed by atoms with Gasteiger partial charge in [-0.1, -0.05) is 18.2 Å². The van der Waals surface area contributed by atoms with Crippen molar-refractivity contribution in [1.29, 1.82) is 0 Å². The zero-order valence-corrected chi connectivity index (χ0v) is 11.8. The third-order valence-electron chi connectivity index (χ3n) is 2.52. The second-order valence-electron chi connectivity index (χ2n) is 3.96.